The average Bonchev–Trinajstić information content (AvgIpc) is 3.43. The van der Waals surface area contributed by atoms with E-state index in [1.54, 1.807) is 42.3 Å². The number of rotatable bonds is 8. The fraction of sp³-hybridized carbons (Fsp3) is 0.417. The molecule has 0 aliphatic carbocycles. The van der Waals surface area contributed by atoms with Gasteiger partial charge in [0.05, 0.1) is 13.2 Å². The van der Waals surface area contributed by atoms with Gasteiger partial charge in [0.25, 0.3) is 11.8 Å². The average molecular weight is 461 g/mol. The van der Waals surface area contributed by atoms with E-state index in [1.165, 1.54) is 11.1 Å². The molecule has 2 N–H and O–H groups in total. The van der Waals surface area contributed by atoms with Crippen LogP contribution in [0.15, 0.2) is 41.5 Å². The molecule has 176 valence electrons. The Balaban J connectivity index is 1.31. The van der Waals surface area contributed by atoms with Crippen LogP contribution in [-0.4, -0.2) is 85.8 Å². The Morgan fingerprint density at radius 1 is 1.15 bits per heavy atom. The number of carbonyl (C=O) groups is 2. The van der Waals surface area contributed by atoms with E-state index < -0.39 is 6.10 Å². The van der Waals surface area contributed by atoms with Crippen molar-refractivity contribution in [2.24, 2.45) is 0 Å². The van der Waals surface area contributed by atoms with Crippen LogP contribution >= 0.6 is 0 Å². The largest absolute Gasteiger partial charge is 0.497 e. The predicted octanol–water partition coefficient (Wildman–Crippen LogP) is 0.442. The lowest BCUT2D eigenvalue weighted by atomic mass is 9.89. The fourth-order valence-electron chi connectivity index (χ4n) is 4.17. The van der Waals surface area contributed by atoms with Gasteiger partial charge in [0.15, 0.2) is 11.5 Å². The highest BCUT2D eigenvalue weighted by molar-refractivity contribution is 6.36. The molecule has 0 saturated carbocycles. The zero-order valence-electron chi connectivity index (χ0n) is 19.5. The van der Waals surface area contributed by atoms with Crippen LogP contribution in [0.3, 0.4) is 0 Å². The summed E-state index contributed by atoms with van der Waals surface area (Å²) >= 11 is 0. The van der Waals surface area contributed by atoms with E-state index in [1.807, 2.05) is 6.92 Å². The van der Waals surface area contributed by atoms with Crippen molar-refractivity contribution in [3.63, 3.8) is 0 Å². The normalized spacial score (nSPS) is 16.0. The molecule has 1 aromatic carbocycles. The van der Waals surface area contributed by atoms with Gasteiger partial charge in [-0.15, -0.1) is 10.2 Å². The summed E-state index contributed by atoms with van der Waals surface area (Å²) in [6.45, 7) is 4.67. The molecule has 0 fully saturated rings. The summed E-state index contributed by atoms with van der Waals surface area (Å²) in [5.74, 6) is 0.856. The number of aliphatic hydroxyl groups excluding tert-OH is 1. The van der Waals surface area contributed by atoms with Gasteiger partial charge in [0.2, 0.25) is 0 Å². The smallest absolute Gasteiger partial charge is 0.271 e. The minimum atomic E-state index is -0.419. The third-order valence-electron chi connectivity index (χ3n) is 6.25. The number of aromatic nitrogens is 2. The minimum absolute atomic E-state index is 0.112. The standard InChI is InChI=1S/C24H28BN5O4/c1-3-17(31)8-9-26-23(32)21-6-7-22(28-27-21)29-11-15-13-30(14-16(15)12-29)24(33)19-10-18(34-2)4-5-20(19)25/h4-7,10,17,31H,3,8-9,11-14H2,1-2H3,(H,26,32). The SMILES string of the molecule is [B]c1ccc(OC)cc1C(=O)N1CC2=C(C1)CN(c1ccc(C(=O)NCCC(O)CC)nn1)C2. The van der Waals surface area contributed by atoms with E-state index in [2.05, 4.69) is 20.4 Å². The van der Waals surface area contributed by atoms with Crippen molar-refractivity contribution < 1.29 is 19.4 Å². The Bertz CT molecular complexity index is 1090. The van der Waals surface area contributed by atoms with Gasteiger partial charge in [-0.1, -0.05) is 18.5 Å². The molecule has 3 heterocycles. The molecule has 0 saturated heterocycles. The van der Waals surface area contributed by atoms with Crippen LogP contribution in [0, 0.1) is 0 Å². The summed E-state index contributed by atoms with van der Waals surface area (Å²) in [7, 11) is 7.58. The van der Waals surface area contributed by atoms with E-state index in [0.717, 1.165) is 0 Å². The van der Waals surface area contributed by atoms with Crippen molar-refractivity contribution in [2.75, 3.05) is 44.7 Å². The maximum Gasteiger partial charge on any atom is 0.271 e. The van der Waals surface area contributed by atoms with Crippen molar-refractivity contribution >= 4 is 30.9 Å². The van der Waals surface area contributed by atoms with Gasteiger partial charge in [0, 0.05) is 38.3 Å². The number of amides is 2. The molecule has 9 nitrogen and oxygen atoms in total. The zero-order chi connectivity index (χ0) is 24.2. The first-order chi connectivity index (χ1) is 16.4. The lowest BCUT2D eigenvalue weighted by Crippen LogP contribution is -2.36. The van der Waals surface area contributed by atoms with Crippen LogP contribution in [-0.2, 0) is 0 Å². The van der Waals surface area contributed by atoms with Gasteiger partial charge >= 0.3 is 0 Å². The Labute approximate surface area is 200 Å². The maximum absolute atomic E-state index is 13.0. The second-order valence-corrected chi connectivity index (χ2v) is 8.56. The Hall–Kier alpha value is -3.40. The van der Waals surface area contributed by atoms with Gasteiger partial charge < -0.3 is 25.0 Å². The molecule has 0 bridgehead atoms. The van der Waals surface area contributed by atoms with E-state index >= 15 is 0 Å². The molecule has 34 heavy (non-hydrogen) atoms. The number of methoxy groups -OCH3 is 1. The van der Waals surface area contributed by atoms with Crippen molar-refractivity contribution in [2.45, 2.75) is 25.9 Å². The highest BCUT2D eigenvalue weighted by Gasteiger charge is 2.33. The molecule has 1 unspecified atom stereocenters. The van der Waals surface area contributed by atoms with Gasteiger partial charge in [-0.05, 0) is 48.3 Å². The molecule has 1 atom stereocenters. The number of nitrogens with zero attached hydrogens (tertiary/aromatic N) is 4. The van der Waals surface area contributed by atoms with Gasteiger partial charge in [-0.2, -0.15) is 0 Å². The third kappa shape index (κ3) is 5.06. The maximum atomic E-state index is 13.0. The summed E-state index contributed by atoms with van der Waals surface area (Å²) in [5.41, 5.74) is 3.49. The monoisotopic (exact) mass is 461 g/mol. The number of ether oxygens (including phenoxy) is 1. The molecule has 10 heteroatoms. The zero-order valence-corrected chi connectivity index (χ0v) is 19.5. The van der Waals surface area contributed by atoms with Crippen LogP contribution < -0.4 is 20.4 Å². The van der Waals surface area contributed by atoms with E-state index in [-0.39, 0.29) is 17.5 Å². The first-order valence-corrected chi connectivity index (χ1v) is 11.4. The Kier molecular flexibility index (Phi) is 7.16. The number of aliphatic hydroxyl groups is 1. The Morgan fingerprint density at radius 3 is 2.50 bits per heavy atom. The van der Waals surface area contributed by atoms with Crippen LogP contribution in [0.25, 0.3) is 0 Å². The van der Waals surface area contributed by atoms with Crippen LogP contribution in [0.2, 0.25) is 0 Å². The quantitative estimate of drug-likeness (QED) is 0.434. The first kappa shape index (κ1) is 23.8. The number of hydrogen-bond donors (Lipinski definition) is 2. The summed E-state index contributed by atoms with van der Waals surface area (Å²) in [5, 5.41) is 20.6. The second-order valence-electron chi connectivity index (χ2n) is 8.56. The molecule has 1 aromatic heterocycles. The fourth-order valence-corrected chi connectivity index (χ4v) is 4.17. The third-order valence-corrected chi connectivity index (χ3v) is 6.25. The number of nitrogens with one attached hydrogen (secondary N) is 1. The number of anilines is 1. The van der Waals surface area contributed by atoms with E-state index in [0.29, 0.717) is 68.2 Å². The summed E-state index contributed by atoms with van der Waals surface area (Å²) in [4.78, 5) is 29.1. The highest BCUT2D eigenvalue weighted by Crippen LogP contribution is 2.29. The summed E-state index contributed by atoms with van der Waals surface area (Å²) in [6, 6.07) is 8.53. The molecule has 0 spiro atoms. The lowest BCUT2D eigenvalue weighted by Gasteiger charge is -2.24. The molecule has 2 aliphatic rings. The summed E-state index contributed by atoms with van der Waals surface area (Å²) in [6.07, 6.45) is 0.736. The van der Waals surface area contributed by atoms with Crippen LogP contribution in [0.4, 0.5) is 5.82 Å². The molecular weight excluding hydrogens is 433 g/mol. The number of hydrogen-bond acceptors (Lipinski definition) is 7. The van der Waals surface area contributed by atoms with Crippen molar-refractivity contribution in [3.8, 4) is 5.75 Å². The summed E-state index contributed by atoms with van der Waals surface area (Å²) < 4.78 is 5.23. The van der Waals surface area contributed by atoms with E-state index in [9.17, 15) is 14.7 Å². The molecule has 2 aliphatic heterocycles. The minimum Gasteiger partial charge on any atom is -0.497 e. The Morgan fingerprint density at radius 2 is 1.88 bits per heavy atom. The number of benzene rings is 1. The van der Waals surface area contributed by atoms with Crippen LogP contribution in [0.1, 0.15) is 40.6 Å². The lowest BCUT2D eigenvalue weighted by molar-refractivity contribution is 0.0795. The van der Waals surface area contributed by atoms with E-state index in [4.69, 9.17) is 12.6 Å². The molecule has 2 amide bonds. The van der Waals surface area contributed by atoms with Crippen molar-refractivity contribution in [1.82, 2.24) is 20.4 Å². The molecular formula is C24H28BN5O4. The molecule has 2 aromatic rings. The van der Waals surface area contributed by atoms with Crippen LogP contribution in [0.5, 0.6) is 5.75 Å². The second kappa shape index (κ2) is 10.3. The predicted molar refractivity (Wildman–Crippen MR) is 129 cm³/mol. The van der Waals surface area contributed by atoms with Gasteiger partial charge in [-0.3, -0.25) is 9.59 Å². The van der Waals surface area contributed by atoms with Crippen molar-refractivity contribution in [1.29, 1.82) is 0 Å². The molecule has 2 radical (unpaired) electrons. The molecule has 4 rings (SSSR count). The van der Waals surface area contributed by atoms with Gasteiger partial charge in [0.1, 0.15) is 13.6 Å². The van der Waals surface area contributed by atoms with Gasteiger partial charge in [-0.25, -0.2) is 0 Å². The number of carbonyl (C=O) groups excluding carboxylic acids is 2. The highest BCUT2D eigenvalue weighted by atomic mass is 16.5. The topological polar surface area (TPSA) is 108 Å². The first-order valence-electron chi connectivity index (χ1n) is 11.4. The van der Waals surface area contributed by atoms with Crippen molar-refractivity contribution in [3.05, 3.63) is 52.7 Å².